The Labute approximate surface area is 104 Å². The summed E-state index contributed by atoms with van der Waals surface area (Å²) < 4.78 is 0. The molecular weight excluding hydrogens is 240 g/mol. The summed E-state index contributed by atoms with van der Waals surface area (Å²) in [5, 5.41) is 4.69. The number of hydrogen-bond acceptors (Lipinski definition) is 2. The molecule has 1 aromatic heterocycles. The Balaban J connectivity index is 2.02. The fraction of sp³-hybridized carbons (Fsp3) is 0.154. The van der Waals surface area contributed by atoms with Gasteiger partial charge in [-0.25, -0.2) is 0 Å². The molecule has 82 valence electrons. The topological polar surface area (TPSA) is 17.1 Å². The van der Waals surface area contributed by atoms with Gasteiger partial charge in [0.15, 0.2) is 6.29 Å². The lowest BCUT2D eigenvalue weighted by atomic mass is 10.0. The van der Waals surface area contributed by atoms with E-state index in [2.05, 4.69) is 0 Å². The molecule has 2 rings (SSSR count). The maximum atomic E-state index is 10.7. The van der Waals surface area contributed by atoms with Crippen LogP contribution >= 0.6 is 22.9 Å². The Kier molecular flexibility index (Phi) is 3.75. The average molecular weight is 251 g/mol. The first-order chi connectivity index (χ1) is 7.79. The Bertz CT molecular complexity index is 473. The van der Waals surface area contributed by atoms with Crippen molar-refractivity contribution in [3.05, 3.63) is 56.7 Å². The number of carbonyl (C=O) groups excluding carboxylic acids is 1. The molecule has 2 aromatic rings. The maximum absolute atomic E-state index is 10.7. The number of carbonyl (C=O) groups is 1. The maximum Gasteiger partial charge on any atom is 0.151 e. The van der Waals surface area contributed by atoms with Crippen molar-refractivity contribution >= 4 is 29.2 Å². The van der Waals surface area contributed by atoms with E-state index >= 15 is 0 Å². The second-order valence-electron chi connectivity index (χ2n) is 3.60. The van der Waals surface area contributed by atoms with E-state index in [9.17, 15) is 4.79 Å². The average Bonchev–Trinajstić information content (AvgIpc) is 2.76. The zero-order chi connectivity index (χ0) is 11.4. The van der Waals surface area contributed by atoms with Gasteiger partial charge < -0.3 is 0 Å². The molecule has 1 nitrogen and oxygen atoms in total. The first-order valence-electron chi connectivity index (χ1n) is 5.04. The predicted molar refractivity (Wildman–Crippen MR) is 68.6 cm³/mol. The Morgan fingerprint density at radius 1 is 1.12 bits per heavy atom. The molecule has 1 aromatic carbocycles. The largest absolute Gasteiger partial charge is 0.298 e. The molecule has 0 unspecified atom stereocenters. The normalized spacial score (nSPS) is 10.3. The van der Waals surface area contributed by atoms with Crippen LogP contribution in [0.15, 0.2) is 35.0 Å². The van der Waals surface area contributed by atoms with Crippen molar-refractivity contribution in [2.75, 3.05) is 0 Å². The van der Waals surface area contributed by atoms with Gasteiger partial charge in [0.1, 0.15) is 0 Å². The van der Waals surface area contributed by atoms with E-state index in [1.165, 1.54) is 5.56 Å². The first kappa shape index (κ1) is 11.4. The zero-order valence-electron chi connectivity index (χ0n) is 8.65. The molecule has 1 heterocycles. The number of thiophene rings is 1. The van der Waals surface area contributed by atoms with Crippen LogP contribution in [0.25, 0.3) is 0 Å². The molecule has 0 aliphatic heterocycles. The quantitative estimate of drug-likeness (QED) is 0.750. The van der Waals surface area contributed by atoms with Gasteiger partial charge in [0.2, 0.25) is 0 Å². The van der Waals surface area contributed by atoms with Gasteiger partial charge in [-0.2, -0.15) is 11.3 Å². The Hall–Kier alpha value is -1.12. The predicted octanol–water partition coefficient (Wildman–Crippen LogP) is 4.00. The van der Waals surface area contributed by atoms with Crippen molar-refractivity contribution in [1.29, 1.82) is 0 Å². The number of hydrogen-bond donors (Lipinski definition) is 0. The van der Waals surface area contributed by atoms with Gasteiger partial charge in [-0.1, -0.05) is 23.7 Å². The van der Waals surface area contributed by atoms with E-state index < -0.39 is 0 Å². The van der Waals surface area contributed by atoms with Crippen LogP contribution < -0.4 is 0 Å². The molecule has 0 amide bonds. The molecule has 0 fully saturated rings. The molecular formula is C13H11ClOS. The van der Waals surface area contributed by atoms with Gasteiger partial charge in [-0.3, -0.25) is 4.79 Å². The van der Waals surface area contributed by atoms with Gasteiger partial charge >= 0.3 is 0 Å². The highest BCUT2D eigenvalue weighted by Crippen LogP contribution is 2.17. The van der Waals surface area contributed by atoms with E-state index in [1.807, 2.05) is 35.0 Å². The van der Waals surface area contributed by atoms with E-state index in [0.717, 1.165) is 35.3 Å². The van der Waals surface area contributed by atoms with Crippen molar-refractivity contribution < 1.29 is 4.79 Å². The van der Waals surface area contributed by atoms with Crippen LogP contribution in [-0.4, -0.2) is 6.29 Å². The van der Waals surface area contributed by atoms with Gasteiger partial charge in [-0.05, 0) is 41.5 Å². The van der Waals surface area contributed by atoms with Gasteiger partial charge in [0.25, 0.3) is 0 Å². The Morgan fingerprint density at radius 2 is 1.88 bits per heavy atom. The summed E-state index contributed by atoms with van der Waals surface area (Å²) in [4.78, 5) is 10.7. The van der Waals surface area contributed by atoms with Gasteiger partial charge in [0, 0.05) is 16.0 Å². The number of aldehydes is 1. The summed E-state index contributed by atoms with van der Waals surface area (Å²) in [6.07, 6.45) is 2.77. The molecule has 0 bridgehead atoms. The molecule has 0 spiro atoms. The smallest absolute Gasteiger partial charge is 0.151 e. The third-order valence-electron chi connectivity index (χ3n) is 2.50. The second kappa shape index (κ2) is 5.28. The minimum Gasteiger partial charge on any atom is -0.298 e. The van der Waals surface area contributed by atoms with Crippen molar-refractivity contribution in [1.82, 2.24) is 0 Å². The van der Waals surface area contributed by atoms with Gasteiger partial charge in [-0.15, -0.1) is 0 Å². The molecule has 0 atom stereocenters. The number of halogens is 1. The first-order valence-corrected chi connectivity index (χ1v) is 6.36. The summed E-state index contributed by atoms with van der Waals surface area (Å²) in [5.74, 6) is 0. The van der Waals surface area contributed by atoms with Crippen LogP contribution in [0.4, 0.5) is 0 Å². The molecule has 0 aliphatic rings. The summed E-state index contributed by atoms with van der Waals surface area (Å²) in [7, 11) is 0. The van der Waals surface area contributed by atoms with Crippen LogP contribution in [0, 0.1) is 0 Å². The molecule has 16 heavy (non-hydrogen) atoms. The summed E-state index contributed by atoms with van der Waals surface area (Å²) >= 11 is 7.39. The summed E-state index contributed by atoms with van der Waals surface area (Å²) in [5.41, 5.74) is 3.20. The lowest BCUT2D eigenvalue weighted by Crippen LogP contribution is -1.92. The van der Waals surface area contributed by atoms with Crippen molar-refractivity contribution in [2.24, 2.45) is 0 Å². The SMILES string of the molecule is O=Cc1cscc1CCc1ccc(Cl)cc1. The molecule has 3 heteroatoms. The van der Waals surface area contributed by atoms with Crippen LogP contribution in [0.1, 0.15) is 21.5 Å². The van der Waals surface area contributed by atoms with Crippen LogP contribution in [0.2, 0.25) is 5.02 Å². The van der Waals surface area contributed by atoms with Crippen molar-refractivity contribution in [3.8, 4) is 0 Å². The highest BCUT2D eigenvalue weighted by atomic mass is 35.5. The number of rotatable bonds is 4. The third-order valence-corrected chi connectivity index (χ3v) is 3.56. The number of benzene rings is 1. The number of aryl methyl sites for hydroxylation is 2. The molecule has 0 radical (unpaired) electrons. The minimum absolute atomic E-state index is 0.757. The summed E-state index contributed by atoms with van der Waals surface area (Å²) in [6.45, 7) is 0. The van der Waals surface area contributed by atoms with Gasteiger partial charge in [0.05, 0.1) is 0 Å². The van der Waals surface area contributed by atoms with E-state index in [0.29, 0.717) is 0 Å². The lowest BCUT2D eigenvalue weighted by molar-refractivity contribution is 0.112. The fourth-order valence-electron chi connectivity index (χ4n) is 1.57. The van der Waals surface area contributed by atoms with Crippen molar-refractivity contribution in [2.45, 2.75) is 12.8 Å². The highest BCUT2D eigenvalue weighted by molar-refractivity contribution is 7.08. The Morgan fingerprint density at radius 3 is 2.56 bits per heavy atom. The standard InChI is InChI=1S/C13H11ClOS/c14-13-5-2-10(3-6-13)1-4-11-8-16-9-12(11)7-15/h2-3,5-9H,1,4H2. The molecule has 0 saturated heterocycles. The fourth-order valence-corrected chi connectivity index (χ4v) is 2.54. The van der Waals surface area contributed by atoms with Crippen molar-refractivity contribution in [3.63, 3.8) is 0 Å². The monoisotopic (exact) mass is 250 g/mol. The molecule has 0 aliphatic carbocycles. The highest BCUT2D eigenvalue weighted by Gasteiger charge is 2.03. The van der Waals surface area contributed by atoms with Crippen LogP contribution in [-0.2, 0) is 12.8 Å². The van der Waals surface area contributed by atoms with E-state index in [4.69, 9.17) is 11.6 Å². The van der Waals surface area contributed by atoms with E-state index in [1.54, 1.807) is 11.3 Å². The zero-order valence-corrected chi connectivity index (χ0v) is 10.2. The van der Waals surface area contributed by atoms with Crippen LogP contribution in [0.5, 0.6) is 0 Å². The lowest BCUT2D eigenvalue weighted by Gasteiger charge is -2.01. The molecule has 0 saturated carbocycles. The summed E-state index contributed by atoms with van der Waals surface area (Å²) in [6, 6.07) is 7.83. The van der Waals surface area contributed by atoms with Crippen LogP contribution in [0.3, 0.4) is 0 Å². The minimum atomic E-state index is 0.757. The van der Waals surface area contributed by atoms with E-state index in [-0.39, 0.29) is 0 Å². The second-order valence-corrected chi connectivity index (χ2v) is 4.78. The molecule has 0 N–H and O–H groups in total. The third kappa shape index (κ3) is 2.71.